The summed E-state index contributed by atoms with van der Waals surface area (Å²) in [6, 6.07) is 0. The molecule has 1 aliphatic rings. The maximum atomic E-state index is 3.96. The van der Waals surface area contributed by atoms with Crippen molar-refractivity contribution in [2.24, 2.45) is 4.90 Å². The summed E-state index contributed by atoms with van der Waals surface area (Å²) in [6.07, 6.45) is 2.49. The Morgan fingerprint density at radius 2 is 2.60 bits per heavy atom. The monoisotopic (exact) mass is 67.1 g/mol. The molecule has 0 aromatic heterocycles. The summed E-state index contributed by atoms with van der Waals surface area (Å²) >= 11 is 0. The summed E-state index contributed by atoms with van der Waals surface area (Å²) in [6.45, 7) is 1.07. The van der Waals surface area contributed by atoms with Crippen molar-refractivity contribution < 1.29 is 0 Å². The van der Waals surface area contributed by atoms with Gasteiger partial charge in [-0.05, 0) is 0 Å². The van der Waals surface area contributed by atoms with E-state index in [1.165, 1.54) is 12.7 Å². The summed E-state index contributed by atoms with van der Waals surface area (Å²) < 4.78 is 0. The van der Waals surface area contributed by atoms with E-state index in [-0.39, 0.29) is 0 Å². The Bertz CT molecular complexity index is 44.9. The van der Waals surface area contributed by atoms with E-state index in [1.54, 1.807) is 0 Å². The van der Waals surface area contributed by atoms with Gasteiger partial charge in [-0.15, -0.1) is 0 Å². The van der Waals surface area contributed by atoms with Gasteiger partial charge in [-0.3, -0.25) is 0 Å². The van der Waals surface area contributed by atoms with Crippen molar-refractivity contribution >= 4 is 7.07 Å². The van der Waals surface area contributed by atoms with Crippen LogP contribution in [0.25, 0.3) is 0 Å². The Morgan fingerprint density at radius 3 is 2.80 bits per heavy atom. The number of hydrogen-bond donors (Lipinski definition) is 0. The van der Waals surface area contributed by atoms with Crippen LogP contribution in [0.15, 0.2) is 4.90 Å². The molecule has 0 aliphatic carbocycles. The van der Waals surface area contributed by atoms with Crippen molar-refractivity contribution in [2.45, 2.75) is 12.7 Å². The van der Waals surface area contributed by atoms with Crippen molar-refractivity contribution in [1.29, 1.82) is 0 Å². The molecule has 2 heteroatoms. The summed E-state index contributed by atoms with van der Waals surface area (Å²) in [7, 11) is 1.99. The van der Waals surface area contributed by atoms with Gasteiger partial charge in [0.15, 0.2) is 0 Å². The quantitative estimate of drug-likeness (QED) is 0.369. The molecule has 0 aromatic rings. The molecule has 26 valence electrons. The van der Waals surface area contributed by atoms with Gasteiger partial charge < -0.3 is 0 Å². The minimum atomic E-state index is 1.07. The van der Waals surface area contributed by atoms with Crippen LogP contribution in [-0.2, 0) is 0 Å². The van der Waals surface area contributed by atoms with Gasteiger partial charge in [-0.1, -0.05) is 0 Å². The average Bonchev–Trinajstić information content (AvgIpc) is 1.76. The summed E-state index contributed by atoms with van der Waals surface area (Å²) in [4.78, 5) is 3.96. The third-order valence-electron chi connectivity index (χ3n) is 0.750. The summed E-state index contributed by atoms with van der Waals surface area (Å²) in [5, 5.41) is 0. The van der Waals surface area contributed by atoms with E-state index in [0.717, 1.165) is 6.54 Å². The van der Waals surface area contributed by atoms with Crippen LogP contribution in [0, 0.1) is 0 Å². The first-order valence-corrected chi connectivity index (χ1v) is 1.98. The van der Waals surface area contributed by atoms with E-state index in [2.05, 4.69) is 4.90 Å². The second kappa shape index (κ2) is 1.34. The average molecular weight is 66.9 g/mol. The molecule has 0 bridgehead atoms. The van der Waals surface area contributed by atoms with Crippen LogP contribution in [0.4, 0.5) is 0 Å². The summed E-state index contributed by atoms with van der Waals surface area (Å²) in [5.74, 6) is 0. The zero-order valence-electron chi connectivity index (χ0n) is 3.15. The van der Waals surface area contributed by atoms with Gasteiger partial charge in [0.05, 0.1) is 0 Å². The normalized spacial score (nSPS) is 19.2. The van der Waals surface area contributed by atoms with Crippen LogP contribution in [0.1, 0.15) is 6.42 Å². The second-order valence-electron chi connectivity index (χ2n) is 1.23. The molecule has 5 heavy (non-hydrogen) atoms. The molecule has 0 radical (unpaired) electrons. The van der Waals surface area contributed by atoms with Crippen molar-refractivity contribution in [3.8, 4) is 0 Å². The standard InChI is InChI=1S/C3H6BN/c1-2-4-5-3-1/h1-3H2. The SMILES string of the molecule is B1=NCCC1. The minimum absolute atomic E-state index is 1.07. The molecule has 1 rings (SSSR count). The van der Waals surface area contributed by atoms with Crippen molar-refractivity contribution in [3.05, 3.63) is 0 Å². The van der Waals surface area contributed by atoms with E-state index < -0.39 is 0 Å². The van der Waals surface area contributed by atoms with Crippen molar-refractivity contribution in [1.82, 2.24) is 0 Å². The molecular weight excluding hydrogens is 60.9 g/mol. The molecule has 0 unspecified atom stereocenters. The fraction of sp³-hybridized carbons (Fsp3) is 1.00. The van der Waals surface area contributed by atoms with E-state index in [0.29, 0.717) is 0 Å². The van der Waals surface area contributed by atoms with Gasteiger partial charge in [0.25, 0.3) is 0 Å². The molecular formula is C3H6BN. The maximum absolute atomic E-state index is 3.96. The Morgan fingerprint density at radius 1 is 1.60 bits per heavy atom. The molecule has 0 aromatic carbocycles. The van der Waals surface area contributed by atoms with Gasteiger partial charge in [0.1, 0.15) is 0 Å². The van der Waals surface area contributed by atoms with Crippen LogP contribution >= 0.6 is 0 Å². The third-order valence-corrected chi connectivity index (χ3v) is 0.750. The number of nitrogens with zero attached hydrogens (tertiary/aromatic N) is 1. The first-order chi connectivity index (χ1) is 2.50. The molecule has 0 N–H and O–H groups in total. The van der Waals surface area contributed by atoms with Crippen LogP contribution in [0.2, 0.25) is 6.32 Å². The topological polar surface area (TPSA) is 12.4 Å². The fourth-order valence-corrected chi connectivity index (χ4v) is 0.456. The zero-order valence-corrected chi connectivity index (χ0v) is 3.15. The Balaban J connectivity index is 2.32. The molecule has 0 amide bonds. The molecule has 1 heterocycles. The molecule has 1 aliphatic heterocycles. The molecule has 1 nitrogen and oxygen atoms in total. The predicted molar refractivity (Wildman–Crippen MR) is 22.5 cm³/mol. The first kappa shape index (κ1) is 3.07. The Kier molecular flexibility index (Phi) is 0.823. The number of hydrogen-bond acceptors (Lipinski definition) is 1. The zero-order chi connectivity index (χ0) is 3.54. The molecule has 0 saturated carbocycles. The van der Waals surface area contributed by atoms with Crippen molar-refractivity contribution in [3.63, 3.8) is 0 Å². The Hall–Kier alpha value is -0.135. The van der Waals surface area contributed by atoms with Crippen LogP contribution in [-0.4, -0.2) is 13.6 Å². The third kappa shape index (κ3) is 0.568. The molecule has 0 fully saturated rings. The van der Waals surface area contributed by atoms with Crippen molar-refractivity contribution in [2.75, 3.05) is 6.54 Å². The van der Waals surface area contributed by atoms with Gasteiger partial charge >= 0.3 is 31.3 Å². The Labute approximate surface area is 32.3 Å². The molecule has 0 spiro atoms. The van der Waals surface area contributed by atoms with E-state index in [4.69, 9.17) is 0 Å². The van der Waals surface area contributed by atoms with E-state index >= 15 is 0 Å². The van der Waals surface area contributed by atoms with Crippen LogP contribution in [0.3, 0.4) is 0 Å². The second-order valence-corrected chi connectivity index (χ2v) is 1.23. The number of rotatable bonds is 0. The van der Waals surface area contributed by atoms with Gasteiger partial charge in [0, 0.05) is 0 Å². The van der Waals surface area contributed by atoms with Crippen LogP contribution in [0.5, 0.6) is 0 Å². The molecule has 0 saturated heterocycles. The summed E-state index contributed by atoms with van der Waals surface area (Å²) in [5.41, 5.74) is 0. The van der Waals surface area contributed by atoms with E-state index in [9.17, 15) is 0 Å². The van der Waals surface area contributed by atoms with Gasteiger partial charge in [-0.2, -0.15) is 0 Å². The van der Waals surface area contributed by atoms with E-state index in [1.807, 2.05) is 7.07 Å². The molecule has 0 atom stereocenters. The van der Waals surface area contributed by atoms with Gasteiger partial charge in [0.2, 0.25) is 0 Å². The first-order valence-electron chi connectivity index (χ1n) is 1.98. The van der Waals surface area contributed by atoms with Crippen LogP contribution < -0.4 is 0 Å². The predicted octanol–water partition coefficient (Wildman–Crippen LogP) is 0.696. The fourth-order valence-electron chi connectivity index (χ4n) is 0.456. The van der Waals surface area contributed by atoms with Gasteiger partial charge in [-0.25, -0.2) is 0 Å².